The quantitative estimate of drug-likeness (QED) is 0.763. The lowest BCUT2D eigenvalue weighted by atomic mass is 9.89. The van der Waals surface area contributed by atoms with Crippen molar-refractivity contribution in [2.24, 2.45) is 0 Å². The molecule has 0 radical (unpaired) electrons. The Kier molecular flexibility index (Phi) is 2.59. The molecule has 1 unspecified atom stereocenters. The van der Waals surface area contributed by atoms with Crippen LogP contribution in [0.5, 0.6) is 0 Å². The van der Waals surface area contributed by atoms with Crippen LogP contribution < -0.4 is 0 Å². The number of hydrogen-bond acceptors (Lipinski definition) is 2. The van der Waals surface area contributed by atoms with Gasteiger partial charge in [0.15, 0.2) is 5.78 Å². The Labute approximate surface area is 112 Å². The topological polar surface area (TPSA) is 34.1 Å². The van der Waals surface area contributed by atoms with Gasteiger partial charge in [-0.3, -0.25) is 9.59 Å². The average Bonchev–Trinajstić information content (AvgIpc) is 2.72. The molecule has 1 aliphatic rings. The SMILES string of the molecule is CC(=O)c1cccc2c1C(C(C)=O)c1ccccc1-2. The van der Waals surface area contributed by atoms with E-state index in [9.17, 15) is 9.59 Å². The van der Waals surface area contributed by atoms with Crippen LogP contribution in [0.2, 0.25) is 0 Å². The van der Waals surface area contributed by atoms with Gasteiger partial charge in [0.05, 0.1) is 5.92 Å². The second-order valence-electron chi connectivity index (χ2n) is 4.95. The lowest BCUT2D eigenvalue weighted by Gasteiger charge is -2.12. The van der Waals surface area contributed by atoms with Gasteiger partial charge in [-0.25, -0.2) is 0 Å². The Morgan fingerprint density at radius 1 is 0.895 bits per heavy atom. The lowest BCUT2D eigenvalue weighted by molar-refractivity contribution is -0.117. The van der Waals surface area contributed by atoms with E-state index >= 15 is 0 Å². The van der Waals surface area contributed by atoms with E-state index < -0.39 is 0 Å². The van der Waals surface area contributed by atoms with E-state index in [-0.39, 0.29) is 17.5 Å². The van der Waals surface area contributed by atoms with Crippen LogP contribution in [0.4, 0.5) is 0 Å². The third-order valence-electron chi connectivity index (χ3n) is 3.74. The van der Waals surface area contributed by atoms with Crippen molar-refractivity contribution in [3.63, 3.8) is 0 Å². The second-order valence-corrected chi connectivity index (χ2v) is 4.95. The summed E-state index contributed by atoms with van der Waals surface area (Å²) in [5, 5.41) is 0. The van der Waals surface area contributed by atoms with Crippen LogP contribution in [0.3, 0.4) is 0 Å². The summed E-state index contributed by atoms with van der Waals surface area (Å²) >= 11 is 0. The van der Waals surface area contributed by atoms with Crippen LogP contribution in [-0.4, -0.2) is 11.6 Å². The van der Waals surface area contributed by atoms with Gasteiger partial charge in [-0.15, -0.1) is 0 Å². The Morgan fingerprint density at radius 3 is 2.26 bits per heavy atom. The van der Waals surface area contributed by atoms with E-state index in [1.165, 1.54) is 0 Å². The molecule has 0 saturated carbocycles. The molecule has 0 fully saturated rings. The normalized spacial score (nSPS) is 15.8. The molecule has 2 heteroatoms. The minimum Gasteiger partial charge on any atom is -0.299 e. The summed E-state index contributed by atoms with van der Waals surface area (Å²) in [6.07, 6.45) is 0. The Morgan fingerprint density at radius 2 is 1.58 bits per heavy atom. The molecule has 0 spiro atoms. The molecule has 2 nitrogen and oxygen atoms in total. The first-order chi connectivity index (χ1) is 9.11. The largest absolute Gasteiger partial charge is 0.299 e. The number of carbonyl (C=O) groups is 2. The lowest BCUT2D eigenvalue weighted by Crippen LogP contribution is -2.11. The van der Waals surface area contributed by atoms with Gasteiger partial charge in [0.1, 0.15) is 5.78 Å². The molecule has 0 aliphatic heterocycles. The van der Waals surface area contributed by atoms with Gasteiger partial charge < -0.3 is 0 Å². The van der Waals surface area contributed by atoms with E-state index in [1.54, 1.807) is 13.8 Å². The summed E-state index contributed by atoms with van der Waals surface area (Å²) in [5.74, 6) is -0.206. The third kappa shape index (κ3) is 1.64. The maximum absolute atomic E-state index is 12.0. The fourth-order valence-electron chi connectivity index (χ4n) is 2.99. The number of fused-ring (bicyclic) bond motifs is 3. The van der Waals surface area contributed by atoms with Crippen LogP contribution in [0.25, 0.3) is 11.1 Å². The predicted octanol–water partition coefficient (Wildman–Crippen LogP) is 3.59. The van der Waals surface area contributed by atoms with Gasteiger partial charge in [-0.1, -0.05) is 42.5 Å². The molecule has 0 bridgehead atoms. The zero-order chi connectivity index (χ0) is 13.6. The molecule has 0 amide bonds. The minimum atomic E-state index is -0.300. The minimum absolute atomic E-state index is 0.0101. The molecule has 94 valence electrons. The van der Waals surface area contributed by atoms with Crippen LogP contribution in [-0.2, 0) is 4.79 Å². The summed E-state index contributed by atoms with van der Waals surface area (Å²) in [7, 11) is 0. The fourth-order valence-corrected chi connectivity index (χ4v) is 2.99. The highest BCUT2D eigenvalue weighted by molar-refractivity contribution is 6.04. The van der Waals surface area contributed by atoms with Crippen molar-refractivity contribution in [2.45, 2.75) is 19.8 Å². The van der Waals surface area contributed by atoms with Crippen molar-refractivity contribution in [1.82, 2.24) is 0 Å². The van der Waals surface area contributed by atoms with Crippen molar-refractivity contribution in [1.29, 1.82) is 0 Å². The van der Waals surface area contributed by atoms with Crippen LogP contribution in [0.1, 0.15) is 41.3 Å². The van der Waals surface area contributed by atoms with Gasteiger partial charge in [-0.2, -0.15) is 0 Å². The molecule has 0 heterocycles. The molecule has 19 heavy (non-hydrogen) atoms. The van der Waals surface area contributed by atoms with Gasteiger partial charge in [-0.05, 0) is 36.1 Å². The maximum atomic E-state index is 12.0. The number of rotatable bonds is 2. The Hall–Kier alpha value is -2.22. The zero-order valence-corrected chi connectivity index (χ0v) is 10.9. The predicted molar refractivity (Wildman–Crippen MR) is 74.4 cm³/mol. The van der Waals surface area contributed by atoms with E-state index in [0.717, 1.165) is 22.3 Å². The molecule has 0 N–H and O–H groups in total. The van der Waals surface area contributed by atoms with Crippen molar-refractivity contribution in [3.8, 4) is 11.1 Å². The first-order valence-electron chi connectivity index (χ1n) is 6.35. The summed E-state index contributed by atoms with van der Waals surface area (Å²) in [5.41, 5.74) is 4.64. The molecular weight excluding hydrogens is 236 g/mol. The van der Waals surface area contributed by atoms with Gasteiger partial charge in [0.2, 0.25) is 0 Å². The molecule has 3 rings (SSSR count). The Balaban J connectivity index is 2.38. The smallest absolute Gasteiger partial charge is 0.160 e. The zero-order valence-electron chi connectivity index (χ0n) is 10.9. The number of Topliss-reactive ketones (excluding diaryl/α,β-unsaturated/α-hetero) is 2. The molecular formula is C17H14O2. The van der Waals surface area contributed by atoms with Gasteiger partial charge in [0, 0.05) is 5.56 Å². The fraction of sp³-hybridized carbons (Fsp3) is 0.176. The van der Waals surface area contributed by atoms with Crippen molar-refractivity contribution in [3.05, 3.63) is 59.2 Å². The van der Waals surface area contributed by atoms with Crippen LogP contribution >= 0.6 is 0 Å². The monoisotopic (exact) mass is 250 g/mol. The standard InChI is InChI=1S/C17H14O2/c1-10(18)12-8-5-9-15-13-6-3-4-7-14(13)16(11(2)19)17(12)15/h3-9,16H,1-2H3. The molecule has 2 aromatic carbocycles. The van der Waals surface area contributed by atoms with Crippen molar-refractivity contribution < 1.29 is 9.59 Å². The summed E-state index contributed by atoms with van der Waals surface area (Å²) in [4.78, 5) is 23.8. The highest BCUT2D eigenvalue weighted by Crippen LogP contribution is 2.46. The third-order valence-corrected chi connectivity index (χ3v) is 3.74. The Bertz CT molecular complexity index is 698. The molecule has 0 saturated heterocycles. The van der Waals surface area contributed by atoms with E-state index in [4.69, 9.17) is 0 Å². The maximum Gasteiger partial charge on any atom is 0.160 e. The molecule has 1 atom stereocenters. The first kappa shape index (κ1) is 11.8. The number of benzene rings is 2. The summed E-state index contributed by atoms with van der Waals surface area (Å²) in [6, 6.07) is 13.6. The van der Waals surface area contributed by atoms with Gasteiger partial charge >= 0.3 is 0 Å². The van der Waals surface area contributed by atoms with Crippen molar-refractivity contribution in [2.75, 3.05) is 0 Å². The van der Waals surface area contributed by atoms with Gasteiger partial charge in [0.25, 0.3) is 0 Å². The summed E-state index contributed by atoms with van der Waals surface area (Å²) in [6.45, 7) is 3.14. The number of hydrogen-bond donors (Lipinski definition) is 0. The number of ketones is 2. The average molecular weight is 250 g/mol. The molecule has 0 aromatic heterocycles. The number of carbonyl (C=O) groups excluding carboxylic acids is 2. The first-order valence-corrected chi connectivity index (χ1v) is 6.35. The van der Waals surface area contributed by atoms with E-state index in [0.29, 0.717) is 5.56 Å². The van der Waals surface area contributed by atoms with Crippen LogP contribution in [0.15, 0.2) is 42.5 Å². The highest BCUT2D eigenvalue weighted by atomic mass is 16.1. The van der Waals surface area contributed by atoms with E-state index in [1.807, 2.05) is 42.5 Å². The molecule has 2 aromatic rings. The van der Waals surface area contributed by atoms with E-state index in [2.05, 4.69) is 0 Å². The van der Waals surface area contributed by atoms with Crippen LogP contribution in [0, 0.1) is 0 Å². The summed E-state index contributed by atoms with van der Waals surface area (Å²) < 4.78 is 0. The highest BCUT2D eigenvalue weighted by Gasteiger charge is 2.34. The second kappa shape index (κ2) is 4.16. The molecule has 1 aliphatic carbocycles. The van der Waals surface area contributed by atoms with Crippen molar-refractivity contribution >= 4 is 11.6 Å².